The molecule has 5 rings (SSSR count). The third-order valence-electron chi connectivity index (χ3n) is 5.12. The van der Waals surface area contributed by atoms with E-state index in [1.54, 1.807) is 0 Å². The molecule has 0 saturated carbocycles. The van der Waals surface area contributed by atoms with Crippen LogP contribution in [-0.4, -0.2) is 31.5 Å². The van der Waals surface area contributed by atoms with Gasteiger partial charge >= 0.3 is 0 Å². The summed E-state index contributed by atoms with van der Waals surface area (Å²) in [6.45, 7) is 4.93. The molecule has 4 aromatic heterocycles. The molecular weight excluding hydrogens is 384 g/mol. The Morgan fingerprint density at radius 1 is 0.871 bits per heavy atom. The molecule has 152 valence electrons. The van der Waals surface area contributed by atoms with Crippen LogP contribution in [0.5, 0.6) is 0 Å². The summed E-state index contributed by atoms with van der Waals surface area (Å²) in [5.41, 5.74) is 7.46. The lowest BCUT2D eigenvalue weighted by Gasteiger charge is -2.10. The predicted octanol–water partition coefficient (Wildman–Crippen LogP) is 5.49. The number of aromatic amines is 1. The van der Waals surface area contributed by atoms with Crippen molar-refractivity contribution in [1.82, 2.24) is 24.9 Å². The third-order valence-corrected chi connectivity index (χ3v) is 5.12. The largest absolute Gasteiger partial charge is 0.385 e. The van der Waals surface area contributed by atoms with Crippen molar-refractivity contribution in [3.63, 3.8) is 0 Å². The van der Waals surface area contributed by atoms with Crippen LogP contribution >= 0.6 is 0 Å². The van der Waals surface area contributed by atoms with Gasteiger partial charge in [0, 0.05) is 53.0 Å². The van der Waals surface area contributed by atoms with Crippen LogP contribution in [0.4, 0.5) is 5.69 Å². The summed E-state index contributed by atoms with van der Waals surface area (Å²) < 4.78 is 0. The average Bonchev–Trinajstić information content (AvgIpc) is 3.28. The molecular formula is C25H22N6. The van der Waals surface area contributed by atoms with Gasteiger partial charge < -0.3 is 10.3 Å². The van der Waals surface area contributed by atoms with Crippen molar-refractivity contribution in [1.29, 1.82) is 0 Å². The first-order chi connectivity index (χ1) is 15.2. The van der Waals surface area contributed by atoms with Gasteiger partial charge in [-0.1, -0.05) is 18.2 Å². The van der Waals surface area contributed by atoms with Gasteiger partial charge in [0.25, 0.3) is 0 Å². The van der Waals surface area contributed by atoms with Crippen molar-refractivity contribution in [3.8, 4) is 33.9 Å². The van der Waals surface area contributed by atoms with Crippen molar-refractivity contribution in [2.75, 3.05) is 11.9 Å². The number of anilines is 1. The molecule has 5 aromatic rings. The van der Waals surface area contributed by atoms with E-state index in [0.717, 1.165) is 57.0 Å². The number of nitrogens with zero attached hydrogens (tertiary/aromatic N) is 4. The Balaban J connectivity index is 1.64. The lowest BCUT2D eigenvalue weighted by Crippen LogP contribution is -1.97. The Morgan fingerprint density at radius 2 is 1.74 bits per heavy atom. The highest BCUT2D eigenvalue weighted by Gasteiger charge is 2.14. The van der Waals surface area contributed by atoms with E-state index in [2.05, 4.69) is 62.5 Å². The maximum absolute atomic E-state index is 4.89. The first kappa shape index (κ1) is 18.9. The minimum atomic E-state index is 0.591. The molecule has 0 aliphatic carbocycles. The molecule has 0 aliphatic rings. The van der Waals surface area contributed by atoms with Crippen LogP contribution in [-0.2, 0) is 0 Å². The molecule has 0 amide bonds. The van der Waals surface area contributed by atoms with Gasteiger partial charge in [-0.15, -0.1) is 0 Å². The SMILES string of the molecule is CCNc1cccc(-c2cncc(-c3nc(-c4cccc(C)n4)nc4[nH]ccc34)c2)c1. The van der Waals surface area contributed by atoms with Gasteiger partial charge in [-0.3, -0.25) is 4.98 Å². The van der Waals surface area contributed by atoms with Gasteiger partial charge in [0.15, 0.2) is 5.82 Å². The summed E-state index contributed by atoms with van der Waals surface area (Å²) in [7, 11) is 0. The molecule has 4 heterocycles. The van der Waals surface area contributed by atoms with Crippen molar-refractivity contribution in [2.45, 2.75) is 13.8 Å². The Hall–Kier alpha value is -4.06. The molecule has 0 saturated heterocycles. The number of benzene rings is 1. The van der Waals surface area contributed by atoms with E-state index >= 15 is 0 Å². The lowest BCUT2D eigenvalue weighted by atomic mass is 10.0. The van der Waals surface area contributed by atoms with Crippen LogP contribution in [0.3, 0.4) is 0 Å². The first-order valence-electron chi connectivity index (χ1n) is 10.3. The van der Waals surface area contributed by atoms with Gasteiger partial charge in [-0.2, -0.15) is 0 Å². The van der Waals surface area contributed by atoms with E-state index in [1.807, 2.05) is 49.8 Å². The number of aryl methyl sites for hydroxylation is 1. The number of aromatic nitrogens is 5. The van der Waals surface area contributed by atoms with Crippen molar-refractivity contribution < 1.29 is 0 Å². The summed E-state index contributed by atoms with van der Waals surface area (Å²) in [5.74, 6) is 0.591. The molecule has 6 nitrogen and oxygen atoms in total. The van der Waals surface area contributed by atoms with E-state index in [9.17, 15) is 0 Å². The predicted molar refractivity (Wildman–Crippen MR) is 125 cm³/mol. The van der Waals surface area contributed by atoms with Crippen LogP contribution in [0.1, 0.15) is 12.6 Å². The molecule has 0 bridgehead atoms. The Kier molecular flexibility index (Phi) is 4.88. The number of pyridine rings is 2. The molecule has 0 unspecified atom stereocenters. The molecule has 31 heavy (non-hydrogen) atoms. The van der Waals surface area contributed by atoms with E-state index in [0.29, 0.717) is 5.82 Å². The summed E-state index contributed by atoms with van der Waals surface area (Å²) >= 11 is 0. The monoisotopic (exact) mass is 406 g/mol. The highest BCUT2D eigenvalue weighted by atomic mass is 15.0. The van der Waals surface area contributed by atoms with E-state index in [4.69, 9.17) is 4.98 Å². The average molecular weight is 406 g/mol. The molecule has 6 heteroatoms. The summed E-state index contributed by atoms with van der Waals surface area (Å²) in [5, 5.41) is 4.32. The van der Waals surface area contributed by atoms with Crippen LogP contribution in [0.15, 0.2) is 73.2 Å². The second-order valence-corrected chi connectivity index (χ2v) is 7.37. The molecule has 0 radical (unpaired) electrons. The third kappa shape index (κ3) is 3.75. The van der Waals surface area contributed by atoms with Gasteiger partial charge in [-0.05, 0) is 55.8 Å². The van der Waals surface area contributed by atoms with Gasteiger partial charge in [0.05, 0.1) is 5.69 Å². The fourth-order valence-electron chi connectivity index (χ4n) is 3.68. The summed E-state index contributed by atoms with van der Waals surface area (Å²) in [6.07, 6.45) is 5.61. The van der Waals surface area contributed by atoms with Crippen molar-refractivity contribution in [3.05, 3.63) is 78.9 Å². The first-order valence-corrected chi connectivity index (χ1v) is 10.3. The fourth-order valence-corrected chi connectivity index (χ4v) is 3.68. The van der Waals surface area contributed by atoms with Crippen LogP contribution < -0.4 is 5.32 Å². The summed E-state index contributed by atoms with van der Waals surface area (Å²) in [6, 6.07) is 18.3. The molecule has 2 N–H and O–H groups in total. The van der Waals surface area contributed by atoms with Crippen LogP contribution in [0.2, 0.25) is 0 Å². The van der Waals surface area contributed by atoms with E-state index in [-0.39, 0.29) is 0 Å². The number of hydrogen-bond donors (Lipinski definition) is 2. The molecule has 0 fully saturated rings. The highest BCUT2D eigenvalue weighted by Crippen LogP contribution is 2.31. The van der Waals surface area contributed by atoms with E-state index in [1.165, 1.54) is 0 Å². The molecule has 0 aliphatic heterocycles. The standard InChI is InChI=1S/C25H22N6/c1-3-27-20-8-5-7-17(13-20)18-12-19(15-26-14-18)23-21-10-11-28-24(21)31-25(30-23)22-9-4-6-16(2)29-22/h4-15,27H,3H2,1-2H3,(H,28,30,31). The second-order valence-electron chi connectivity index (χ2n) is 7.37. The highest BCUT2D eigenvalue weighted by molar-refractivity contribution is 5.92. The number of rotatable bonds is 5. The maximum Gasteiger partial charge on any atom is 0.180 e. The molecule has 1 aromatic carbocycles. The zero-order chi connectivity index (χ0) is 21.2. The van der Waals surface area contributed by atoms with Crippen LogP contribution in [0.25, 0.3) is 44.9 Å². The minimum absolute atomic E-state index is 0.591. The van der Waals surface area contributed by atoms with Crippen molar-refractivity contribution >= 4 is 16.7 Å². The number of H-pyrrole nitrogens is 1. The normalized spacial score (nSPS) is 11.0. The number of fused-ring (bicyclic) bond motifs is 1. The quantitative estimate of drug-likeness (QED) is 0.403. The Morgan fingerprint density at radius 3 is 2.61 bits per heavy atom. The zero-order valence-electron chi connectivity index (χ0n) is 17.4. The van der Waals surface area contributed by atoms with E-state index < -0.39 is 0 Å². The smallest absolute Gasteiger partial charge is 0.180 e. The maximum atomic E-state index is 4.89. The topological polar surface area (TPSA) is 79.4 Å². The fraction of sp³-hybridized carbons (Fsp3) is 0.120. The van der Waals surface area contributed by atoms with Gasteiger partial charge in [-0.25, -0.2) is 15.0 Å². The summed E-state index contributed by atoms with van der Waals surface area (Å²) in [4.78, 5) is 21.9. The molecule has 0 atom stereocenters. The zero-order valence-corrected chi connectivity index (χ0v) is 17.4. The Bertz CT molecular complexity index is 1370. The second kappa shape index (κ2) is 7.99. The number of nitrogens with one attached hydrogen (secondary N) is 2. The molecule has 0 spiro atoms. The Labute approximate surface area is 180 Å². The lowest BCUT2D eigenvalue weighted by molar-refractivity contribution is 1.13. The van der Waals surface area contributed by atoms with Crippen LogP contribution in [0, 0.1) is 6.92 Å². The van der Waals surface area contributed by atoms with Crippen molar-refractivity contribution in [2.24, 2.45) is 0 Å². The minimum Gasteiger partial charge on any atom is -0.385 e. The van der Waals surface area contributed by atoms with Gasteiger partial charge in [0.1, 0.15) is 11.3 Å². The number of hydrogen-bond acceptors (Lipinski definition) is 5. The van der Waals surface area contributed by atoms with Gasteiger partial charge in [0.2, 0.25) is 0 Å².